The summed E-state index contributed by atoms with van der Waals surface area (Å²) in [6, 6.07) is 6.66. The molecule has 2 rings (SSSR count). The van der Waals surface area contributed by atoms with Crippen LogP contribution < -0.4 is 0 Å². The van der Waals surface area contributed by atoms with Crippen molar-refractivity contribution in [1.82, 2.24) is 9.88 Å². The Kier molecular flexibility index (Phi) is 5.22. The molecule has 2 aromatic rings. The van der Waals surface area contributed by atoms with Crippen LogP contribution in [0.25, 0.3) is 10.9 Å². The van der Waals surface area contributed by atoms with Crippen LogP contribution in [0.15, 0.2) is 30.5 Å². The van der Waals surface area contributed by atoms with Gasteiger partial charge in [0, 0.05) is 24.5 Å². The minimum absolute atomic E-state index is 0.207. The standard InChI is InChI=1S/C16H19FN2O2/c1-19(8-4-6-15(20)21-2)11-13-10-14(17)9-12-5-3-7-18-16(12)13/h3,5,7,9-10H,4,6,8,11H2,1-2H3. The van der Waals surface area contributed by atoms with Crippen molar-refractivity contribution >= 4 is 16.9 Å². The van der Waals surface area contributed by atoms with Crippen LogP contribution in [0, 0.1) is 5.82 Å². The molecule has 1 aromatic heterocycles. The number of carbonyl (C=O) groups is 1. The van der Waals surface area contributed by atoms with E-state index in [9.17, 15) is 9.18 Å². The van der Waals surface area contributed by atoms with Crippen LogP contribution in [0.4, 0.5) is 4.39 Å². The summed E-state index contributed by atoms with van der Waals surface area (Å²) >= 11 is 0. The summed E-state index contributed by atoms with van der Waals surface area (Å²) in [5.74, 6) is -0.463. The summed E-state index contributed by atoms with van der Waals surface area (Å²) in [6.07, 6.45) is 2.81. The zero-order valence-corrected chi connectivity index (χ0v) is 12.3. The van der Waals surface area contributed by atoms with Crippen LogP contribution >= 0.6 is 0 Å². The first-order chi connectivity index (χ1) is 10.1. The second kappa shape index (κ2) is 7.13. The molecule has 112 valence electrons. The summed E-state index contributed by atoms with van der Waals surface area (Å²) in [6.45, 7) is 1.33. The number of halogens is 1. The summed E-state index contributed by atoms with van der Waals surface area (Å²) < 4.78 is 18.3. The van der Waals surface area contributed by atoms with Gasteiger partial charge in [0.05, 0.1) is 12.6 Å². The highest BCUT2D eigenvalue weighted by Gasteiger charge is 2.09. The van der Waals surface area contributed by atoms with E-state index in [0.29, 0.717) is 19.4 Å². The van der Waals surface area contributed by atoms with E-state index in [1.54, 1.807) is 12.3 Å². The van der Waals surface area contributed by atoms with Crippen molar-refractivity contribution in [3.63, 3.8) is 0 Å². The molecule has 5 heteroatoms. The average molecular weight is 290 g/mol. The fourth-order valence-electron chi connectivity index (χ4n) is 2.31. The topological polar surface area (TPSA) is 42.4 Å². The van der Waals surface area contributed by atoms with E-state index < -0.39 is 0 Å². The van der Waals surface area contributed by atoms with Gasteiger partial charge in [-0.05, 0) is 43.8 Å². The molecule has 1 heterocycles. The van der Waals surface area contributed by atoms with Crippen molar-refractivity contribution < 1.29 is 13.9 Å². The van der Waals surface area contributed by atoms with E-state index in [-0.39, 0.29) is 11.8 Å². The molecule has 0 saturated carbocycles. The summed E-state index contributed by atoms with van der Waals surface area (Å²) in [5, 5.41) is 0.801. The molecule has 21 heavy (non-hydrogen) atoms. The zero-order chi connectivity index (χ0) is 15.2. The Morgan fingerprint density at radius 1 is 1.43 bits per heavy atom. The normalized spacial score (nSPS) is 11.0. The van der Waals surface area contributed by atoms with Crippen LogP contribution in [0.3, 0.4) is 0 Å². The molecule has 0 fully saturated rings. The summed E-state index contributed by atoms with van der Waals surface area (Å²) in [4.78, 5) is 17.4. The second-order valence-electron chi connectivity index (χ2n) is 5.06. The molecular weight excluding hydrogens is 271 g/mol. The highest BCUT2D eigenvalue weighted by molar-refractivity contribution is 5.81. The van der Waals surface area contributed by atoms with E-state index in [1.807, 2.05) is 18.0 Å². The molecule has 0 spiro atoms. The molecule has 0 bridgehead atoms. The van der Waals surface area contributed by atoms with Gasteiger partial charge < -0.3 is 9.64 Å². The fraction of sp³-hybridized carbons (Fsp3) is 0.375. The predicted octanol–water partition coefficient (Wildman–Crippen LogP) is 2.76. The monoisotopic (exact) mass is 290 g/mol. The third-order valence-corrected chi connectivity index (χ3v) is 3.34. The molecular formula is C16H19FN2O2. The number of esters is 1. The highest BCUT2D eigenvalue weighted by Crippen LogP contribution is 2.19. The smallest absolute Gasteiger partial charge is 0.305 e. The SMILES string of the molecule is COC(=O)CCCN(C)Cc1cc(F)cc2cccnc12. The van der Waals surface area contributed by atoms with Gasteiger partial charge in [0.2, 0.25) is 0 Å². The van der Waals surface area contributed by atoms with Gasteiger partial charge in [-0.25, -0.2) is 4.39 Å². The largest absolute Gasteiger partial charge is 0.469 e. The van der Waals surface area contributed by atoms with Gasteiger partial charge in [0.25, 0.3) is 0 Å². The van der Waals surface area contributed by atoms with Gasteiger partial charge in [-0.15, -0.1) is 0 Å². The van der Waals surface area contributed by atoms with Crippen molar-refractivity contribution in [2.45, 2.75) is 19.4 Å². The average Bonchev–Trinajstić information content (AvgIpc) is 2.46. The zero-order valence-electron chi connectivity index (χ0n) is 12.3. The molecule has 0 N–H and O–H groups in total. The number of hydrogen-bond donors (Lipinski definition) is 0. The Balaban J connectivity index is 2.03. The van der Waals surface area contributed by atoms with Crippen molar-refractivity contribution in [3.8, 4) is 0 Å². The van der Waals surface area contributed by atoms with Crippen LogP contribution in [-0.2, 0) is 16.1 Å². The second-order valence-corrected chi connectivity index (χ2v) is 5.06. The third kappa shape index (κ3) is 4.23. The van der Waals surface area contributed by atoms with E-state index in [1.165, 1.54) is 19.2 Å². The van der Waals surface area contributed by atoms with Crippen LogP contribution in [0.5, 0.6) is 0 Å². The van der Waals surface area contributed by atoms with E-state index in [0.717, 1.165) is 23.0 Å². The molecule has 0 saturated heterocycles. The molecule has 0 radical (unpaired) electrons. The minimum Gasteiger partial charge on any atom is -0.469 e. The number of nitrogens with zero attached hydrogens (tertiary/aromatic N) is 2. The van der Waals surface area contributed by atoms with Gasteiger partial charge in [-0.1, -0.05) is 6.07 Å². The van der Waals surface area contributed by atoms with Crippen LogP contribution in [-0.4, -0.2) is 36.6 Å². The van der Waals surface area contributed by atoms with Gasteiger partial charge in [-0.2, -0.15) is 0 Å². The number of pyridine rings is 1. The quantitative estimate of drug-likeness (QED) is 0.767. The van der Waals surface area contributed by atoms with Crippen LogP contribution in [0.1, 0.15) is 18.4 Å². The lowest BCUT2D eigenvalue weighted by molar-refractivity contribution is -0.140. The third-order valence-electron chi connectivity index (χ3n) is 3.34. The number of aromatic nitrogens is 1. The minimum atomic E-state index is -0.256. The van der Waals surface area contributed by atoms with Crippen molar-refractivity contribution in [2.75, 3.05) is 20.7 Å². The summed E-state index contributed by atoms with van der Waals surface area (Å²) in [5.41, 5.74) is 1.67. The Labute approximate surface area is 123 Å². The maximum Gasteiger partial charge on any atom is 0.305 e. The number of benzene rings is 1. The first-order valence-corrected chi connectivity index (χ1v) is 6.88. The number of fused-ring (bicyclic) bond motifs is 1. The number of carbonyl (C=O) groups excluding carboxylic acids is 1. The Bertz CT molecular complexity index is 631. The molecule has 0 atom stereocenters. The van der Waals surface area contributed by atoms with Gasteiger partial charge >= 0.3 is 5.97 Å². The molecule has 0 amide bonds. The Hall–Kier alpha value is -2.01. The molecule has 0 aliphatic carbocycles. The van der Waals surface area contributed by atoms with Crippen molar-refractivity contribution in [1.29, 1.82) is 0 Å². The first-order valence-electron chi connectivity index (χ1n) is 6.88. The molecule has 0 aliphatic rings. The van der Waals surface area contributed by atoms with Gasteiger partial charge in [0.15, 0.2) is 0 Å². The summed E-state index contributed by atoms with van der Waals surface area (Å²) in [7, 11) is 3.33. The molecule has 4 nitrogen and oxygen atoms in total. The number of ether oxygens (including phenoxy) is 1. The highest BCUT2D eigenvalue weighted by atomic mass is 19.1. The van der Waals surface area contributed by atoms with E-state index in [4.69, 9.17) is 0 Å². The number of rotatable bonds is 6. The molecule has 0 aliphatic heterocycles. The number of hydrogen-bond acceptors (Lipinski definition) is 4. The van der Waals surface area contributed by atoms with Gasteiger partial charge in [0.1, 0.15) is 5.82 Å². The van der Waals surface area contributed by atoms with Gasteiger partial charge in [-0.3, -0.25) is 9.78 Å². The molecule has 0 unspecified atom stereocenters. The van der Waals surface area contributed by atoms with Crippen LogP contribution in [0.2, 0.25) is 0 Å². The Morgan fingerprint density at radius 3 is 3.00 bits per heavy atom. The van der Waals surface area contributed by atoms with Crippen molar-refractivity contribution in [3.05, 3.63) is 41.8 Å². The lowest BCUT2D eigenvalue weighted by Crippen LogP contribution is -2.20. The maximum atomic E-state index is 13.6. The molecule has 1 aromatic carbocycles. The first kappa shape index (κ1) is 15.4. The van der Waals surface area contributed by atoms with Crippen molar-refractivity contribution in [2.24, 2.45) is 0 Å². The van der Waals surface area contributed by atoms with E-state index in [2.05, 4.69) is 9.72 Å². The lowest BCUT2D eigenvalue weighted by atomic mass is 10.1. The Morgan fingerprint density at radius 2 is 2.24 bits per heavy atom. The van der Waals surface area contributed by atoms with E-state index >= 15 is 0 Å². The maximum absolute atomic E-state index is 13.6. The predicted molar refractivity (Wildman–Crippen MR) is 79.3 cm³/mol. The number of methoxy groups -OCH3 is 1. The fourth-order valence-corrected chi connectivity index (χ4v) is 2.31. The lowest BCUT2D eigenvalue weighted by Gasteiger charge is -2.17.